The van der Waals surface area contributed by atoms with Crippen LogP contribution < -0.4 is 4.74 Å². The fourth-order valence-corrected chi connectivity index (χ4v) is 2.84. The lowest BCUT2D eigenvalue weighted by Gasteiger charge is -2.12. The first-order valence-corrected chi connectivity index (χ1v) is 7.94. The normalized spacial score (nSPS) is 12.3. The minimum Gasteiger partial charge on any atom is -0.497 e. The van der Waals surface area contributed by atoms with Crippen LogP contribution in [-0.2, 0) is 0 Å². The first-order chi connectivity index (χ1) is 11.2. The summed E-state index contributed by atoms with van der Waals surface area (Å²) < 4.78 is 7.36. The molecule has 1 heterocycles. The van der Waals surface area contributed by atoms with Crippen molar-refractivity contribution in [2.45, 2.75) is 26.3 Å². The van der Waals surface area contributed by atoms with Crippen molar-refractivity contribution in [1.29, 1.82) is 0 Å². The Balaban J connectivity index is 2.09. The number of benzene rings is 2. The predicted octanol–water partition coefficient (Wildman–Crippen LogP) is 4.85. The van der Waals surface area contributed by atoms with Gasteiger partial charge in [0.2, 0.25) is 0 Å². The van der Waals surface area contributed by atoms with E-state index < -0.39 is 0 Å². The van der Waals surface area contributed by atoms with Gasteiger partial charge < -0.3 is 9.30 Å². The Labute approximate surface area is 136 Å². The van der Waals surface area contributed by atoms with E-state index in [-0.39, 0.29) is 5.78 Å². The summed E-state index contributed by atoms with van der Waals surface area (Å²) in [7, 11) is 1.62. The minimum absolute atomic E-state index is 0.0471. The SMILES string of the molecule is CCC(C)n1cc(C(=O)c2ccc(OC)cc2)c2ccccc21. The zero-order valence-corrected chi connectivity index (χ0v) is 13.7. The van der Waals surface area contributed by atoms with Crippen molar-refractivity contribution < 1.29 is 9.53 Å². The first kappa shape index (κ1) is 15.3. The molecule has 0 N–H and O–H groups in total. The molecule has 0 bridgehead atoms. The fourth-order valence-electron chi connectivity index (χ4n) is 2.84. The number of fused-ring (bicyclic) bond motifs is 1. The van der Waals surface area contributed by atoms with Gasteiger partial charge in [-0.1, -0.05) is 25.1 Å². The van der Waals surface area contributed by atoms with Crippen LogP contribution >= 0.6 is 0 Å². The number of carbonyl (C=O) groups excluding carboxylic acids is 1. The Morgan fingerprint density at radius 1 is 1.13 bits per heavy atom. The lowest BCUT2D eigenvalue weighted by Crippen LogP contribution is -2.03. The van der Waals surface area contributed by atoms with Crippen LogP contribution in [0.4, 0.5) is 0 Å². The van der Waals surface area contributed by atoms with Crippen LogP contribution in [0, 0.1) is 0 Å². The van der Waals surface area contributed by atoms with Crippen molar-refractivity contribution in [1.82, 2.24) is 4.57 Å². The van der Waals surface area contributed by atoms with Gasteiger partial charge in [-0.25, -0.2) is 0 Å². The van der Waals surface area contributed by atoms with Gasteiger partial charge in [0.25, 0.3) is 0 Å². The fraction of sp³-hybridized carbons (Fsp3) is 0.250. The summed E-state index contributed by atoms with van der Waals surface area (Å²) in [5, 5.41) is 1.01. The summed E-state index contributed by atoms with van der Waals surface area (Å²) in [4.78, 5) is 12.9. The Morgan fingerprint density at radius 3 is 2.48 bits per heavy atom. The van der Waals surface area contributed by atoms with Crippen molar-refractivity contribution in [2.24, 2.45) is 0 Å². The van der Waals surface area contributed by atoms with Crippen LogP contribution in [0.3, 0.4) is 0 Å². The lowest BCUT2D eigenvalue weighted by atomic mass is 10.0. The number of para-hydroxylation sites is 1. The zero-order valence-electron chi connectivity index (χ0n) is 13.7. The molecule has 0 saturated carbocycles. The number of hydrogen-bond donors (Lipinski definition) is 0. The largest absolute Gasteiger partial charge is 0.497 e. The lowest BCUT2D eigenvalue weighted by molar-refractivity contribution is 0.104. The third kappa shape index (κ3) is 2.74. The molecule has 0 aliphatic rings. The summed E-state index contributed by atoms with van der Waals surface area (Å²) in [6.07, 6.45) is 3.01. The van der Waals surface area contributed by atoms with Gasteiger partial charge in [-0.05, 0) is 43.7 Å². The van der Waals surface area contributed by atoms with Crippen LogP contribution in [0.1, 0.15) is 42.2 Å². The van der Waals surface area contributed by atoms with Crippen LogP contribution in [0.15, 0.2) is 54.7 Å². The highest BCUT2D eigenvalue weighted by Crippen LogP contribution is 2.28. The van der Waals surface area contributed by atoms with E-state index in [9.17, 15) is 4.79 Å². The molecular formula is C20H21NO2. The quantitative estimate of drug-likeness (QED) is 0.631. The first-order valence-electron chi connectivity index (χ1n) is 7.94. The number of rotatable bonds is 5. The maximum atomic E-state index is 12.9. The maximum absolute atomic E-state index is 12.9. The van der Waals surface area contributed by atoms with E-state index in [1.54, 1.807) is 7.11 Å². The molecule has 3 nitrogen and oxygen atoms in total. The summed E-state index contributed by atoms with van der Waals surface area (Å²) in [5.74, 6) is 0.800. The Hall–Kier alpha value is -2.55. The van der Waals surface area contributed by atoms with Crippen LogP contribution in [0.25, 0.3) is 10.9 Å². The maximum Gasteiger partial charge on any atom is 0.195 e. The summed E-state index contributed by atoms with van der Waals surface area (Å²) >= 11 is 0. The molecule has 3 aromatic rings. The van der Waals surface area contributed by atoms with Gasteiger partial charge >= 0.3 is 0 Å². The molecule has 0 amide bonds. The summed E-state index contributed by atoms with van der Waals surface area (Å²) in [5.41, 5.74) is 2.54. The van der Waals surface area contributed by atoms with Crippen molar-refractivity contribution in [3.8, 4) is 5.75 Å². The number of nitrogens with zero attached hydrogens (tertiary/aromatic N) is 1. The molecular weight excluding hydrogens is 286 g/mol. The molecule has 0 aliphatic heterocycles. The van der Waals surface area contributed by atoms with Gasteiger partial charge in [0, 0.05) is 34.3 Å². The van der Waals surface area contributed by atoms with Gasteiger partial charge in [0.05, 0.1) is 7.11 Å². The standard InChI is InChI=1S/C20H21NO2/c1-4-14(2)21-13-18(17-7-5-6-8-19(17)21)20(22)15-9-11-16(23-3)12-10-15/h5-14H,4H2,1-3H3. The molecule has 1 aromatic heterocycles. The van der Waals surface area contributed by atoms with Crippen molar-refractivity contribution in [3.05, 3.63) is 65.9 Å². The van der Waals surface area contributed by atoms with Gasteiger partial charge in [0.1, 0.15) is 5.75 Å². The molecule has 1 unspecified atom stereocenters. The van der Waals surface area contributed by atoms with E-state index in [4.69, 9.17) is 4.74 Å². The number of carbonyl (C=O) groups is 1. The molecule has 2 aromatic carbocycles. The van der Waals surface area contributed by atoms with Gasteiger partial charge in [-0.15, -0.1) is 0 Å². The van der Waals surface area contributed by atoms with E-state index in [1.807, 2.05) is 48.7 Å². The second kappa shape index (κ2) is 6.29. The van der Waals surface area contributed by atoms with Gasteiger partial charge in [0.15, 0.2) is 5.78 Å². The van der Waals surface area contributed by atoms with E-state index in [2.05, 4.69) is 24.5 Å². The average Bonchev–Trinajstić information content (AvgIpc) is 3.00. The molecule has 0 saturated heterocycles. The van der Waals surface area contributed by atoms with Gasteiger partial charge in [-0.3, -0.25) is 4.79 Å². The van der Waals surface area contributed by atoms with Crippen LogP contribution in [0.2, 0.25) is 0 Å². The number of aromatic nitrogens is 1. The highest BCUT2D eigenvalue weighted by molar-refractivity contribution is 6.16. The summed E-state index contributed by atoms with van der Waals surface area (Å²) in [6.45, 7) is 4.33. The molecule has 0 aliphatic carbocycles. The van der Waals surface area contributed by atoms with Crippen molar-refractivity contribution in [2.75, 3.05) is 7.11 Å². The number of ether oxygens (including phenoxy) is 1. The van der Waals surface area contributed by atoms with Crippen LogP contribution in [0.5, 0.6) is 5.75 Å². The topological polar surface area (TPSA) is 31.2 Å². The third-order valence-corrected chi connectivity index (χ3v) is 4.40. The Morgan fingerprint density at radius 2 is 1.83 bits per heavy atom. The highest BCUT2D eigenvalue weighted by Gasteiger charge is 2.18. The number of hydrogen-bond acceptors (Lipinski definition) is 2. The van der Waals surface area contributed by atoms with E-state index in [0.717, 1.165) is 28.6 Å². The second-order valence-electron chi connectivity index (χ2n) is 5.78. The zero-order chi connectivity index (χ0) is 16.4. The van der Waals surface area contributed by atoms with Crippen molar-refractivity contribution >= 4 is 16.7 Å². The summed E-state index contributed by atoms with van der Waals surface area (Å²) in [6, 6.07) is 15.7. The van der Waals surface area contributed by atoms with Crippen molar-refractivity contribution in [3.63, 3.8) is 0 Å². The molecule has 118 valence electrons. The van der Waals surface area contributed by atoms with Gasteiger partial charge in [-0.2, -0.15) is 0 Å². The monoisotopic (exact) mass is 307 g/mol. The molecule has 0 fully saturated rings. The highest BCUT2D eigenvalue weighted by atomic mass is 16.5. The molecule has 23 heavy (non-hydrogen) atoms. The number of ketones is 1. The van der Waals surface area contributed by atoms with E-state index in [0.29, 0.717) is 11.6 Å². The minimum atomic E-state index is 0.0471. The molecule has 1 atom stereocenters. The second-order valence-corrected chi connectivity index (χ2v) is 5.78. The molecule has 3 heteroatoms. The average molecular weight is 307 g/mol. The molecule has 0 radical (unpaired) electrons. The predicted molar refractivity (Wildman–Crippen MR) is 93.4 cm³/mol. The Kier molecular flexibility index (Phi) is 4.20. The van der Waals surface area contributed by atoms with E-state index in [1.165, 1.54) is 0 Å². The van der Waals surface area contributed by atoms with E-state index >= 15 is 0 Å². The number of methoxy groups -OCH3 is 1. The van der Waals surface area contributed by atoms with Crippen LogP contribution in [-0.4, -0.2) is 17.5 Å². The smallest absolute Gasteiger partial charge is 0.195 e. The Bertz CT molecular complexity index is 830. The molecule has 3 rings (SSSR count). The molecule has 0 spiro atoms. The third-order valence-electron chi connectivity index (χ3n) is 4.40.